The Kier molecular flexibility index (Phi) is 4.11. The number of hydrogen-bond acceptors (Lipinski definition) is 3. The van der Waals surface area contributed by atoms with Crippen molar-refractivity contribution in [3.8, 4) is 17.6 Å². The number of ether oxygens (including phenoxy) is 1. The van der Waals surface area contributed by atoms with Crippen molar-refractivity contribution in [2.75, 3.05) is 6.54 Å². The van der Waals surface area contributed by atoms with Gasteiger partial charge in [0.05, 0.1) is 11.6 Å². The normalized spacial score (nSPS) is 9.95. The second kappa shape index (κ2) is 5.98. The van der Waals surface area contributed by atoms with Gasteiger partial charge >= 0.3 is 0 Å². The smallest absolute Gasteiger partial charge is 0.167 e. The van der Waals surface area contributed by atoms with Crippen molar-refractivity contribution in [2.24, 2.45) is 5.73 Å². The summed E-state index contributed by atoms with van der Waals surface area (Å²) in [5, 5.41) is 8.66. The van der Waals surface area contributed by atoms with Crippen LogP contribution in [0.25, 0.3) is 0 Å². The van der Waals surface area contributed by atoms with Gasteiger partial charge in [0.1, 0.15) is 5.75 Å². The third kappa shape index (κ3) is 3.30. The van der Waals surface area contributed by atoms with E-state index in [4.69, 9.17) is 15.7 Å². The van der Waals surface area contributed by atoms with Crippen LogP contribution in [0.5, 0.6) is 11.5 Å². The second-order valence-corrected chi connectivity index (χ2v) is 4.04. The summed E-state index contributed by atoms with van der Waals surface area (Å²) in [7, 11) is 0. The molecular formula is C15H13FN2O. The summed E-state index contributed by atoms with van der Waals surface area (Å²) in [6, 6.07) is 13.3. The zero-order valence-electron chi connectivity index (χ0n) is 10.3. The average Bonchev–Trinajstić information content (AvgIpc) is 2.43. The van der Waals surface area contributed by atoms with E-state index in [2.05, 4.69) is 0 Å². The SMILES string of the molecule is N#Cc1ccc(Oc2ccc(CCN)cc2)c(F)c1. The Hall–Kier alpha value is -2.38. The van der Waals surface area contributed by atoms with Crippen LogP contribution in [0.1, 0.15) is 11.1 Å². The molecule has 0 saturated heterocycles. The molecule has 0 heterocycles. The second-order valence-electron chi connectivity index (χ2n) is 4.04. The third-order valence-electron chi connectivity index (χ3n) is 2.65. The molecule has 0 bridgehead atoms. The molecule has 0 amide bonds. The van der Waals surface area contributed by atoms with Gasteiger partial charge in [0.2, 0.25) is 0 Å². The summed E-state index contributed by atoms with van der Waals surface area (Å²) in [6.45, 7) is 0.588. The maximum absolute atomic E-state index is 13.6. The Balaban J connectivity index is 2.15. The van der Waals surface area contributed by atoms with Crippen LogP contribution in [0.2, 0.25) is 0 Å². The monoisotopic (exact) mass is 256 g/mol. The van der Waals surface area contributed by atoms with Crippen LogP contribution in [0.15, 0.2) is 42.5 Å². The Morgan fingerprint density at radius 3 is 2.47 bits per heavy atom. The molecule has 0 spiro atoms. The van der Waals surface area contributed by atoms with Crippen LogP contribution in [-0.4, -0.2) is 6.54 Å². The van der Waals surface area contributed by atoms with Gasteiger partial charge in [0.25, 0.3) is 0 Å². The van der Waals surface area contributed by atoms with Gasteiger partial charge in [-0.15, -0.1) is 0 Å². The van der Waals surface area contributed by atoms with E-state index in [1.54, 1.807) is 12.1 Å². The summed E-state index contributed by atoms with van der Waals surface area (Å²) in [5.41, 5.74) is 6.84. The molecular weight excluding hydrogens is 243 g/mol. The minimum atomic E-state index is -0.551. The van der Waals surface area contributed by atoms with E-state index in [-0.39, 0.29) is 11.3 Å². The van der Waals surface area contributed by atoms with Gasteiger partial charge in [-0.05, 0) is 48.9 Å². The van der Waals surface area contributed by atoms with Crippen LogP contribution in [0.3, 0.4) is 0 Å². The highest BCUT2D eigenvalue weighted by Gasteiger charge is 2.06. The predicted octanol–water partition coefficient (Wildman–Crippen LogP) is 2.99. The van der Waals surface area contributed by atoms with Crippen molar-refractivity contribution in [1.29, 1.82) is 5.26 Å². The highest BCUT2D eigenvalue weighted by molar-refractivity contribution is 5.39. The Bertz CT molecular complexity index is 603. The van der Waals surface area contributed by atoms with E-state index < -0.39 is 5.82 Å². The quantitative estimate of drug-likeness (QED) is 0.914. The molecule has 0 aliphatic rings. The molecule has 0 aliphatic heterocycles. The fraction of sp³-hybridized carbons (Fsp3) is 0.133. The Labute approximate surface area is 111 Å². The summed E-state index contributed by atoms with van der Waals surface area (Å²) >= 11 is 0. The van der Waals surface area contributed by atoms with Crippen molar-refractivity contribution in [1.82, 2.24) is 0 Å². The van der Waals surface area contributed by atoms with Crippen molar-refractivity contribution in [3.63, 3.8) is 0 Å². The molecule has 0 radical (unpaired) electrons. The van der Waals surface area contributed by atoms with Gasteiger partial charge in [-0.25, -0.2) is 4.39 Å². The molecule has 2 aromatic carbocycles. The van der Waals surface area contributed by atoms with Crippen molar-refractivity contribution >= 4 is 0 Å². The summed E-state index contributed by atoms with van der Waals surface area (Å²) in [4.78, 5) is 0. The van der Waals surface area contributed by atoms with E-state index in [1.807, 2.05) is 18.2 Å². The molecule has 0 aliphatic carbocycles. The first kappa shape index (κ1) is 13.1. The first-order valence-electron chi connectivity index (χ1n) is 5.89. The third-order valence-corrected chi connectivity index (χ3v) is 2.65. The molecule has 0 saturated carbocycles. The highest BCUT2D eigenvalue weighted by atomic mass is 19.1. The summed E-state index contributed by atoms with van der Waals surface area (Å²) < 4.78 is 19.1. The van der Waals surface area contributed by atoms with Crippen LogP contribution in [0.4, 0.5) is 4.39 Å². The summed E-state index contributed by atoms with van der Waals surface area (Å²) in [6.07, 6.45) is 0.797. The topological polar surface area (TPSA) is 59.0 Å². The van der Waals surface area contributed by atoms with Gasteiger partial charge in [0.15, 0.2) is 11.6 Å². The van der Waals surface area contributed by atoms with Crippen LogP contribution in [-0.2, 0) is 6.42 Å². The minimum absolute atomic E-state index is 0.102. The fourth-order valence-electron chi connectivity index (χ4n) is 1.67. The maximum Gasteiger partial charge on any atom is 0.167 e. The molecule has 0 aromatic heterocycles. The molecule has 4 heteroatoms. The molecule has 0 unspecified atom stereocenters. The van der Waals surface area contributed by atoms with E-state index in [0.29, 0.717) is 12.3 Å². The largest absolute Gasteiger partial charge is 0.454 e. The number of nitrogens with two attached hydrogens (primary N) is 1. The molecule has 2 N–H and O–H groups in total. The lowest BCUT2D eigenvalue weighted by atomic mass is 10.1. The number of halogens is 1. The first-order chi connectivity index (χ1) is 9.22. The predicted molar refractivity (Wildman–Crippen MR) is 70.4 cm³/mol. The maximum atomic E-state index is 13.6. The van der Waals surface area contributed by atoms with Gasteiger partial charge in [0, 0.05) is 0 Å². The molecule has 2 aromatic rings. The van der Waals surface area contributed by atoms with E-state index in [1.165, 1.54) is 12.1 Å². The lowest BCUT2D eigenvalue weighted by Crippen LogP contribution is -2.02. The number of nitriles is 1. The molecule has 3 nitrogen and oxygen atoms in total. The number of hydrogen-bond donors (Lipinski definition) is 1. The van der Waals surface area contributed by atoms with E-state index in [9.17, 15) is 4.39 Å². The van der Waals surface area contributed by atoms with Crippen molar-refractivity contribution in [3.05, 3.63) is 59.4 Å². The molecule has 0 atom stereocenters. The molecule has 96 valence electrons. The van der Waals surface area contributed by atoms with Crippen LogP contribution >= 0.6 is 0 Å². The van der Waals surface area contributed by atoms with E-state index >= 15 is 0 Å². The van der Waals surface area contributed by atoms with Crippen molar-refractivity contribution in [2.45, 2.75) is 6.42 Å². The average molecular weight is 256 g/mol. The number of nitrogens with zero attached hydrogens (tertiary/aromatic N) is 1. The zero-order chi connectivity index (χ0) is 13.7. The highest BCUT2D eigenvalue weighted by Crippen LogP contribution is 2.25. The van der Waals surface area contributed by atoms with Crippen LogP contribution in [0, 0.1) is 17.1 Å². The van der Waals surface area contributed by atoms with E-state index in [0.717, 1.165) is 18.1 Å². The first-order valence-corrected chi connectivity index (χ1v) is 5.89. The standard InChI is InChI=1S/C15H13FN2O/c16-14-9-12(10-18)3-6-15(14)19-13-4-1-11(2-5-13)7-8-17/h1-6,9H,7-8,17H2. The lowest BCUT2D eigenvalue weighted by Gasteiger charge is -2.07. The van der Waals surface area contributed by atoms with Gasteiger partial charge in [-0.3, -0.25) is 0 Å². The zero-order valence-corrected chi connectivity index (χ0v) is 10.3. The fourth-order valence-corrected chi connectivity index (χ4v) is 1.67. The van der Waals surface area contributed by atoms with Gasteiger partial charge < -0.3 is 10.5 Å². The molecule has 2 rings (SSSR count). The van der Waals surface area contributed by atoms with Gasteiger partial charge in [-0.1, -0.05) is 12.1 Å². The Morgan fingerprint density at radius 2 is 1.89 bits per heavy atom. The lowest BCUT2D eigenvalue weighted by molar-refractivity contribution is 0.442. The molecule has 19 heavy (non-hydrogen) atoms. The Morgan fingerprint density at radius 1 is 1.16 bits per heavy atom. The number of rotatable bonds is 4. The molecule has 0 fully saturated rings. The van der Waals surface area contributed by atoms with Gasteiger partial charge in [-0.2, -0.15) is 5.26 Å². The van der Waals surface area contributed by atoms with Crippen molar-refractivity contribution < 1.29 is 9.13 Å². The minimum Gasteiger partial charge on any atom is -0.454 e. The number of benzene rings is 2. The summed E-state index contributed by atoms with van der Waals surface area (Å²) in [5.74, 6) is 0.0973. The van der Waals surface area contributed by atoms with Crippen LogP contribution < -0.4 is 10.5 Å².